The molecule has 0 aliphatic carbocycles. The molecule has 2 aromatic heterocycles. The second-order valence-electron chi connectivity index (χ2n) is 10.1. The Bertz CT molecular complexity index is 1330. The minimum atomic E-state index is -0.888. The molecular weight excluding hydrogens is 488 g/mol. The van der Waals surface area contributed by atoms with Crippen LogP contribution in [0.4, 0.5) is 20.4 Å². The number of hydrogen-bond acceptors (Lipinski definition) is 7. The first-order valence-electron chi connectivity index (χ1n) is 13.0. The number of ether oxygens (including phenoxy) is 1. The van der Waals surface area contributed by atoms with Crippen LogP contribution in [0, 0.1) is 11.6 Å². The van der Waals surface area contributed by atoms with Crippen molar-refractivity contribution in [3.05, 3.63) is 71.7 Å². The van der Waals surface area contributed by atoms with E-state index in [0.29, 0.717) is 55.0 Å². The summed E-state index contributed by atoms with van der Waals surface area (Å²) in [5.41, 5.74) is 2.11. The highest BCUT2D eigenvalue weighted by atomic mass is 19.1. The van der Waals surface area contributed by atoms with E-state index >= 15 is 0 Å². The van der Waals surface area contributed by atoms with Gasteiger partial charge in [-0.1, -0.05) is 19.1 Å². The van der Waals surface area contributed by atoms with Gasteiger partial charge < -0.3 is 20.1 Å². The first kappa shape index (κ1) is 27.4. The van der Waals surface area contributed by atoms with E-state index in [2.05, 4.69) is 28.2 Å². The zero-order valence-electron chi connectivity index (χ0n) is 22.3. The van der Waals surface area contributed by atoms with Crippen molar-refractivity contribution in [3.63, 3.8) is 0 Å². The van der Waals surface area contributed by atoms with Crippen LogP contribution in [0.3, 0.4) is 0 Å². The molecule has 1 aliphatic heterocycles. The standard InChI is InChI=1S/C29H35F2N5O2/c1-5-7-20(8-6-2)33-27-28(35-25-18-32-21(16-24(25)34-27)17-29(3,4)37)36-13-11-22(12-14-36)38-26-10-9-19(30)15-23(26)31/h5,7-10,15-16,18,22,37H,6,11-14,17H2,1-4H3,(H,33,34)/b7-5-,20-8+. The SMILES string of the molecule is C/C=C\C(=C/CC)Nc1nc2cc(CC(C)(C)O)ncc2nc1N1CCC(Oc2ccc(F)cc2F)CC1. The number of rotatable bonds is 9. The van der Waals surface area contributed by atoms with Crippen LogP contribution >= 0.6 is 0 Å². The van der Waals surface area contributed by atoms with Gasteiger partial charge in [-0.15, -0.1) is 0 Å². The maximum absolute atomic E-state index is 14.1. The normalized spacial score (nSPS) is 15.4. The van der Waals surface area contributed by atoms with Crippen molar-refractivity contribution in [3.8, 4) is 5.75 Å². The minimum Gasteiger partial charge on any atom is -0.487 e. The molecule has 2 N–H and O–H groups in total. The van der Waals surface area contributed by atoms with Crippen molar-refractivity contribution >= 4 is 22.7 Å². The maximum Gasteiger partial charge on any atom is 0.174 e. The van der Waals surface area contributed by atoms with Crippen LogP contribution in [-0.4, -0.2) is 44.9 Å². The molecule has 0 unspecified atom stereocenters. The van der Waals surface area contributed by atoms with Gasteiger partial charge in [-0.2, -0.15) is 0 Å². The van der Waals surface area contributed by atoms with Crippen LogP contribution in [0.5, 0.6) is 5.75 Å². The van der Waals surface area contributed by atoms with Gasteiger partial charge in [0.05, 0.1) is 17.3 Å². The van der Waals surface area contributed by atoms with Crippen LogP contribution in [0.25, 0.3) is 11.0 Å². The van der Waals surface area contributed by atoms with Crippen molar-refractivity contribution in [2.24, 2.45) is 0 Å². The van der Waals surface area contributed by atoms with Gasteiger partial charge in [0.25, 0.3) is 0 Å². The molecule has 202 valence electrons. The first-order valence-corrected chi connectivity index (χ1v) is 13.0. The number of pyridine rings is 1. The fourth-order valence-electron chi connectivity index (χ4n) is 4.47. The van der Waals surface area contributed by atoms with Gasteiger partial charge in [-0.05, 0) is 51.5 Å². The number of anilines is 2. The van der Waals surface area contributed by atoms with E-state index in [1.165, 1.54) is 12.1 Å². The number of fused-ring (bicyclic) bond motifs is 1. The summed E-state index contributed by atoms with van der Waals surface area (Å²) in [6.45, 7) is 8.78. The number of nitrogens with one attached hydrogen (secondary N) is 1. The summed E-state index contributed by atoms with van der Waals surface area (Å²) in [5.74, 6) is 0.0594. The van der Waals surface area contributed by atoms with Crippen LogP contribution in [-0.2, 0) is 6.42 Å². The van der Waals surface area contributed by atoms with Crippen LogP contribution in [0.2, 0.25) is 0 Å². The molecule has 0 spiro atoms. The zero-order chi connectivity index (χ0) is 27.3. The quantitative estimate of drug-likeness (QED) is 0.336. The lowest BCUT2D eigenvalue weighted by Crippen LogP contribution is -2.39. The Morgan fingerprint density at radius 2 is 1.95 bits per heavy atom. The lowest BCUT2D eigenvalue weighted by Gasteiger charge is -2.34. The Labute approximate surface area is 222 Å². The van der Waals surface area contributed by atoms with Crippen molar-refractivity contribution in [2.45, 2.75) is 65.1 Å². The summed E-state index contributed by atoms with van der Waals surface area (Å²) in [7, 11) is 0. The van der Waals surface area contributed by atoms with Gasteiger partial charge in [0.15, 0.2) is 23.2 Å². The van der Waals surface area contributed by atoms with E-state index in [9.17, 15) is 13.9 Å². The number of nitrogens with zero attached hydrogens (tertiary/aromatic N) is 4. The fourth-order valence-corrected chi connectivity index (χ4v) is 4.47. The van der Waals surface area contributed by atoms with E-state index < -0.39 is 17.2 Å². The first-order chi connectivity index (χ1) is 18.1. The number of halogens is 2. The number of aliphatic hydroxyl groups is 1. The highest BCUT2D eigenvalue weighted by molar-refractivity contribution is 5.81. The maximum atomic E-state index is 14.1. The Hall–Kier alpha value is -3.59. The third-order valence-corrected chi connectivity index (χ3v) is 6.16. The second kappa shape index (κ2) is 11.9. The number of allylic oxidation sites excluding steroid dienone is 3. The number of aromatic nitrogens is 3. The van der Waals surface area contributed by atoms with Gasteiger partial charge in [-0.25, -0.2) is 18.7 Å². The van der Waals surface area contributed by atoms with E-state index in [0.717, 1.165) is 23.9 Å². The summed E-state index contributed by atoms with van der Waals surface area (Å²) < 4.78 is 33.2. The van der Waals surface area contributed by atoms with Crippen molar-refractivity contribution in [2.75, 3.05) is 23.3 Å². The molecule has 7 nitrogen and oxygen atoms in total. The smallest absolute Gasteiger partial charge is 0.174 e. The van der Waals surface area contributed by atoms with E-state index in [-0.39, 0.29) is 11.9 Å². The molecule has 1 saturated heterocycles. The molecule has 4 rings (SSSR count). The highest BCUT2D eigenvalue weighted by Crippen LogP contribution is 2.31. The molecule has 0 atom stereocenters. The molecule has 0 radical (unpaired) electrons. The largest absolute Gasteiger partial charge is 0.487 e. The molecular formula is C29H35F2N5O2. The highest BCUT2D eigenvalue weighted by Gasteiger charge is 2.26. The Balaban J connectivity index is 1.61. The summed E-state index contributed by atoms with van der Waals surface area (Å²) >= 11 is 0. The molecule has 1 aliphatic rings. The molecule has 3 heterocycles. The monoisotopic (exact) mass is 523 g/mol. The van der Waals surface area contributed by atoms with Gasteiger partial charge in [0.2, 0.25) is 0 Å². The summed E-state index contributed by atoms with van der Waals surface area (Å²) in [5, 5.41) is 13.7. The van der Waals surface area contributed by atoms with Gasteiger partial charge >= 0.3 is 0 Å². The topological polar surface area (TPSA) is 83.4 Å². The number of hydrogen-bond donors (Lipinski definition) is 2. The molecule has 0 amide bonds. The third-order valence-electron chi connectivity index (χ3n) is 6.16. The summed E-state index contributed by atoms with van der Waals surface area (Å²) in [4.78, 5) is 16.5. The Kier molecular flexibility index (Phi) is 8.56. The number of benzene rings is 1. The molecule has 1 aromatic carbocycles. The predicted octanol–water partition coefficient (Wildman–Crippen LogP) is 5.95. The molecule has 9 heteroatoms. The predicted molar refractivity (Wildman–Crippen MR) is 146 cm³/mol. The van der Waals surface area contributed by atoms with Crippen molar-refractivity contribution in [1.29, 1.82) is 0 Å². The van der Waals surface area contributed by atoms with Crippen LogP contribution < -0.4 is 15.0 Å². The van der Waals surface area contributed by atoms with Crippen LogP contribution in [0.15, 0.2) is 54.4 Å². The molecule has 0 saturated carbocycles. The van der Waals surface area contributed by atoms with Gasteiger partial charge in [0, 0.05) is 49.8 Å². The zero-order valence-corrected chi connectivity index (χ0v) is 22.3. The third kappa shape index (κ3) is 7.04. The van der Waals surface area contributed by atoms with Crippen LogP contribution in [0.1, 0.15) is 52.7 Å². The second-order valence-corrected chi connectivity index (χ2v) is 10.1. The van der Waals surface area contributed by atoms with Crippen molar-refractivity contribution in [1.82, 2.24) is 15.0 Å². The van der Waals surface area contributed by atoms with Crippen molar-refractivity contribution < 1.29 is 18.6 Å². The number of piperidine rings is 1. The van der Waals surface area contributed by atoms with Gasteiger partial charge in [0.1, 0.15) is 17.4 Å². The van der Waals surface area contributed by atoms with E-state index in [4.69, 9.17) is 14.7 Å². The Morgan fingerprint density at radius 3 is 2.61 bits per heavy atom. The summed E-state index contributed by atoms with van der Waals surface area (Å²) in [6.07, 6.45) is 10.1. The summed E-state index contributed by atoms with van der Waals surface area (Å²) in [6, 6.07) is 5.23. The average molecular weight is 524 g/mol. The van der Waals surface area contributed by atoms with Gasteiger partial charge in [-0.3, -0.25) is 4.98 Å². The fraction of sp³-hybridized carbons (Fsp3) is 0.414. The molecule has 3 aromatic rings. The lowest BCUT2D eigenvalue weighted by atomic mass is 10.0. The lowest BCUT2D eigenvalue weighted by molar-refractivity contribution is 0.0800. The molecule has 0 bridgehead atoms. The average Bonchev–Trinajstić information content (AvgIpc) is 2.85. The molecule has 1 fully saturated rings. The van der Waals surface area contributed by atoms with E-state index in [1.807, 2.05) is 25.1 Å². The minimum absolute atomic E-state index is 0.0614. The Morgan fingerprint density at radius 1 is 1.18 bits per heavy atom. The molecule has 38 heavy (non-hydrogen) atoms. The van der Waals surface area contributed by atoms with E-state index in [1.54, 1.807) is 20.0 Å².